The lowest BCUT2D eigenvalue weighted by molar-refractivity contribution is 0.850. The van der Waals surface area contributed by atoms with Crippen molar-refractivity contribution < 1.29 is 0 Å². The fourth-order valence-corrected chi connectivity index (χ4v) is 2.40. The molecule has 11 heavy (non-hydrogen) atoms. The minimum atomic E-state index is 1.02. The van der Waals surface area contributed by atoms with Crippen LogP contribution in [0.5, 0.6) is 0 Å². The Morgan fingerprint density at radius 2 is 2.55 bits per heavy atom. The molecule has 1 aliphatic rings. The van der Waals surface area contributed by atoms with Gasteiger partial charge in [-0.05, 0) is 11.4 Å². The highest BCUT2D eigenvalue weighted by Gasteiger charge is 2.18. The van der Waals surface area contributed by atoms with Gasteiger partial charge in [0.15, 0.2) is 0 Å². The van der Waals surface area contributed by atoms with Crippen LogP contribution in [0.2, 0.25) is 0 Å². The van der Waals surface area contributed by atoms with Crippen LogP contribution in [0.3, 0.4) is 0 Å². The van der Waals surface area contributed by atoms with Crippen molar-refractivity contribution in [2.24, 2.45) is 0 Å². The number of nitrogens with zero attached hydrogens (tertiary/aromatic N) is 2. The molecule has 0 saturated heterocycles. The molecule has 3 heterocycles. The van der Waals surface area contributed by atoms with Gasteiger partial charge in [0.1, 0.15) is 0 Å². The number of fused-ring (bicyclic) bond motifs is 3. The van der Waals surface area contributed by atoms with Crippen molar-refractivity contribution in [3.63, 3.8) is 0 Å². The third-order valence-corrected chi connectivity index (χ3v) is 2.95. The molecule has 0 fully saturated rings. The van der Waals surface area contributed by atoms with Crippen LogP contribution in [-0.2, 0) is 6.54 Å². The van der Waals surface area contributed by atoms with Gasteiger partial charge >= 0.3 is 0 Å². The van der Waals surface area contributed by atoms with Crippen LogP contribution >= 0.6 is 11.3 Å². The van der Waals surface area contributed by atoms with E-state index in [-0.39, 0.29) is 0 Å². The first kappa shape index (κ1) is 5.55. The Hall–Kier alpha value is -1.09. The van der Waals surface area contributed by atoms with Gasteiger partial charge in [0.05, 0.1) is 24.8 Å². The first-order valence-corrected chi connectivity index (χ1v) is 4.40. The Balaban J connectivity index is 2.38. The van der Waals surface area contributed by atoms with Crippen molar-refractivity contribution in [1.29, 1.82) is 0 Å². The van der Waals surface area contributed by atoms with E-state index < -0.39 is 0 Å². The summed E-state index contributed by atoms with van der Waals surface area (Å²) in [5.74, 6) is 0. The topological polar surface area (TPSA) is 17.8 Å². The molecular weight excluding hydrogens is 156 g/mol. The zero-order valence-electron chi connectivity index (χ0n) is 5.82. The van der Waals surface area contributed by atoms with Crippen molar-refractivity contribution in [1.82, 2.24) is 9.55 Å². The molecule has 2 aromatic heterocycles. The lowest BCUT2D eigenvalue weighted by atomic mass is 10.2. The molecule has 1 aliphatic heterocycles. The van der Waals surface area contributed by atoms with Gasteiger partial charge < -0.3 is 4.57 Å². The molecule has 0 aromatic carbocycles. The quantitative estimate of drug-likeness (QED) is 0.494. The average molecular weight is 162 g/mol. The second kappa shape index (κ2) is 1.74. The van der Waals surface area contributed by atoms with Crippen molar-refractivity contribution in [3.8, 4) is 11.3 Å². The molecule has 54 valence electrons. The van der Waals surface area contributed by atoms with Crippen LogP contribution in [0, 0.1) is 0 Å². The summed E-state index contributed by atoms with van der Waals surface area (Å²) in [6, 6.07) is 2.17. The van der Waals surface area contributed by atoms with Gasteiger partial charge in [0, 0.05) is 10.4 Å². The molecule has 2 aromatic rings. The number of thiophene rings is 1. The maximum atomic E-state index is 4.09. The van der Waals surface area contributed by atoms with Crippen molar-refractivity contribution in [3.05, 3.63) is 28.8 Å². The smallest absolute Gasteiger partial charge is 0.0954 e. The molecule has 0 aliphatic carbocycles. The zero-order chi connectivity index (χ0) is 7.26. The number of imidazole rings is 1. The highest BCUT2D eigenvalue weighted by molar-refractivity contribution is 7.10. The zero-order valence-corrected chi connectivity index (χ0v) is 6.64. The summed E-state index contributed by atoms with van der Waals surface area (Å²) in [7, 11) is 0. The molecule has 0 amide bonds. The lowest BCUT2D eigenvalue weighted by Crippen LogP contribution is -1.87. The van der Waals surface area contributed by atoms with Gasteiger partial charge in [-0.15, -0.1) is 11.3 Å². The normalized spacial score (nSPS) is 13.1. The number of aromatic nitrogens is 2. The third-order valence-electron chi connectivity index (χ3n) is 2.05. The summed E-state index contributed by atoms with van der Waals surface area (Å²) in [5.41, 5.74) is 2.63. The van der Waals surface area contributed by atoms with Crippen LogP contribution in [-0.4, -0.2) is 9.55 Å². The fourth-order valence-electron chi connectivity index (χ4n) is 1.52. The summed E-state index contributed by atoms with van der Waals surface area (Å²) in [6.07, 6.45) is 3.82. The first-order chi connectivity index (χ1) is 5.45. The van der Waals surface area contributed by atoms with E-state index in [1.54, 1.807) is 0 Å². The third kappa shape index (κ3) is 0.587. The van der Waals surface area contributed by atoms with Crippen LogP contribution in [0.15, 0.2) is 24.0 Å². The van der Waals surface area contributed by atoms with E-state index in [4.69, 9.17) is 0 Å². The molecule has 3 rings (SSSR count). The second-order valence-electron chi connectivity index (χ2n) is 2.66. The molecule has 0 atom stereocenters. The Morgan fingerprint density at radius 3 is 3.55 bits per heavy atom. The maximum absolute atomic E-state index is 4.09. The molecule has 0 radical (unpaired) electrons. The number of rotatable bonds is 0. The van der Waals surface area contributed by atoms with Crippen LogP contribution in [0.4, 0.5) is 0 Å². The highest BCUT2D eigenvalue weighted by Crippen LogP contribution is 2.34. The van der Waals surface area contributed by atoms with Crippen molar-refractivity contribution >= 4 is 11.3 Å². The van der Waals surface area contributed by atoms with Crippen LogP contribution in [0.25, 0.3) is 11.3 Å². The summed E-state index contributed by atoms with van der Waals surface area (Å²) in [4.78, 5) is 5.55. The Kier molecular flexibility index (Phi) is 0.876. The van der Waals surface area contributed by atoms with E-state index in [2.05, 4.69) is 21.0 Å². The summed E-state index contributed by atoms with van der Waals surface area (Å²) >= 11 is 1.82. The Bertz CT molecular complexity index is 361. The highest BCUT2D eigenvalue weighted by atomic mass is 32.1. The lowest BCUT2D eigenvalue weighted by Gasteiger charge is -1.91. The Morgan fingerprint density at radius 1 is 1.55 bits per heavy atom. The molecule has 0 unspecified atom stereocenters. The molecule has 0 saturated carbocycles. The summed E-state index contributed by atoms with van der Waals surface area (Å²) in [6.45, 7) is 1.02. The van der Waals surface area contributed by atoms with Crippen molar-refractivity contribution in [2.75, 3.05) is 0 Å². The number of hydrogen-bond donors (Lipinski definition) is 0. The maximum Gasteiger partial charge on any atom is 0.0954 e. The Labute approximate surface area is 68.1 Å². The van der Waals surface area contributed by atoms with E-state index in [0.717, 1.165) is 6.54 Å². The number of hydrogen-bond acceptors (Lipinski definition) is 2. The summed E-state index contributed by atoms with van der Waals surface area (Å²) < 4.78 is 2.18. The van der Waals surface area contributed by atoms with E-state index in [0.29, 0.717) is 0 Å². The molecular formula is C8H6N2S. The average Bonchev–Trinajstić information content (AvgIpc) is 2.52. The first-order valence-electron chi connectivity index (χ1n) is 3.52. The fraction of sp³-hybridized carbons (Fsp3) is 0.125. The minimum absolute atomic E-state index is 1.02. The van der Waals surface area contributed by atoms with Crippen molar-refractivity contribution in [2.45, 2.75) is 6.54 Å². The molecule has 0 bridgehead atoms. The predicted molar refractivity (Wildman–Crippen MR) is 44.6 cm³/mol. The second-order valence-corrected chi connectivity index (χ2v) is 3.66. The van der Waals surface area contributed by atoms with Crippen LogP contribution < -0.4 is 0 Å². The summed E-state index contributed by atoms with van der Waals surface area (Å²) in [5, 5.41) is 2.14. The molecule has 2 nitrogen and oxygen atoms in total. The largest absolute Gasteiger partial charge is 0.325 e. The van der Waals surface area contributed by atoms with Gasteiger partial charge in [0.2, 0.25) is 0 Å². The van der Waals surface area contributed by atoms with Gasteiger partial charge in [-0.1, -0.05) is 0 Å². The molecule has 0 spiro atoms. The van der Waals surface area contributed by atoms with E-state index in [1.807, 2.05) is 23.9 Å². The molecule has 3 heteroatoms. The van der Waals surface area contributed by atoms with E-state index in [1.165, 1.54) is 16.1 Å². The standard InChI is InChI=1S/C8H6N2S/c1-2-11-8-4-10-5-9-3-7(10)6(1)8/h1-3,5H,4H2. The van der Waals surface area contributed by atoms with Gasteiger partial charge in [-0.3, -0.25) is 0 Å². The van der Waals surface area contributed by atoms with E-state index >= 15 is 0 Å². The molecule has 0 N–H and O–H groups in total. The van der Waals surface area contributed by atoms with E-state index in [9.17, 15) is 0 Å². The predicted octanol–water partition coefficient (Wildman–Crippen LogP) is 1.97. The van der Waals surface area contributed by atoms with Crippen LogP contribution in [0.1, 0.15) is 4.88 Å². The monoisotopic (exact) mass is 162 g/mol. The van der Waals surface area contributed by atoms with Gasteiger partial charge in [-0.25, -0.2) is 4.98 Å². The van der Waals surface area contributed by atoms with Gasteiger partial charge in [0.25, 0.3) is 0 Å². The SMILES string of the molecule is c1cc2c(s1)Cn1cncc1-2. The minimum Gasteiger partial charge on any atom is -0.325 e. The van der Waals surface area contributed by atoms with Gasteiger partial charge in [-0.2, -0.15) is 0 Å².